The third-order valence-electron chi connectivity index (χ3n) is 2.15. The maximum Gasteiger partial charge on any atom is 0.184 e. The Labute approximate surface area is 96.9 Å². The van der Waals surface area contributed by atoms with E-state index in [2.05, 4.69) is 16.4 Å². The molecular weight excluding hydrogens is 237 g/mol. The molecule has 6 heteroatoms. The average molecular weight is 246 g/mol. The van der Waals surface area contributed by atoms with Gasteiger partial charge in [0.1, 0.15) is 0 Å². The molecule has 0 radical (unpaired) electrons. The zero-order valence-electron chi connectivity index (χ0n) is 7.68. The molecule has 0 spiro atoms. The predicted octanol–water partition coefficient (Wildman–Crippen LogP) is 1.16. The number of rotatable bonds is 2. The summed E-state index contributed by atoms with van der Waals surface area (Å²) in [5, 5.41) is 0.916. The fraction of sp³-hybridized carbons (Fsp3) is 0.222. The molecule has 1 aliphatic heterocycles. The van der Waals surface area contributed by atoms with Crippen molar-refractivity contribution >= 4 is 29.0 Å². The second-order valence-electron chi connectivity index (χ2n) is 3.19. The molecule has 1 aromatic rings. The first-order valence-corrected chi connectivity index (χ1v) is 5.17. The minimum atomic E-state index is -0.319. The first kappa shape index (κ1) is 10.9. The molecule has 3 N–H and O–H groups in total. The Balaban J connectivity index is 2.27. The summed E-state index contributed by atoms with van der Waals surface area (Å²) in [6.07, 6.45) is 0. The molecule has 1 fully saturated rings. The van der Waals surface area contributed by atoms with Gasteiger partial charge in [-0.1, -0.05) is 23.2 Å². The number of ketones is 1. The fourth-order valence-electron chi connectivity index (χ4n) is 1.37. The van der Waals surface area contributed by atoms with E-state index >= 15 is 0 Å². The standard InChI is InChI=1S/C9H9Cl2N3O/c10-5-1-2-7(11)6(3-5)9(15)8-4-12-14-13-8/h1-3,8,12-14H,4H2. The van der Waals surface area contributed by atoms with E-state index in [0.29, 0.717) is 22.2 Å². The van der Waals surface area contributed by atoms with E-state index in [1.54, 1.807) is 18.2 Å². The summed E-state index contributed by atoms with van der Waals surface area (Å²) < 4.78 is 0. The lowest BCUT2D eigenvalue weighted by Crippen LogP contribution is -2.38. The highest BCUT2D eigenvalue weighted by Crippen LogP contribution is 2.22. The SMILES string of the molecule is O=C(c1cc(Cl)ccc1Cl)C1CNNN1. The highest BCUT2D eigenvalue weighted by atomic mass is 35.5. The van der Waals surface area contributed by atoms with Gasteiger partial charge in [0.15, 0.2) is 5.78 Å². The molecule has 1 atom stereocenters. The minimum Gasteiger partial charge on any atom is -0.292 e. The van der Waals surface area contributed by atoms with Crippen molar-refractivity contribution < 1.29 is 4.79 Å². The lowest BCUT2D eigenvalue weighted by atomic mass is 10.1. The van der Waals surface area contributed by atoms with Gasteiger partial charge in [-0.05, 0) is 18.2 Å². The maximum absolute atomic E-state index is 11.9. The quantitative estimate of drug-likeness (QED) is 0.685. The lowest BCUT2D eigenvalue weighted by molar-refractivity contribution is 0.0955. The summed E-state index contributed by atoms with van der Waals surface area (Å²) in [5.74, 6) is -0.0833. The normalized spacial score (nSPS) is 20.5. The van der Waals surface area contributed by atoms with Crippen LogP contribution < -0.4 is 16.4 Å². The van der Waals surface area contributed by atoms with Crippen molar-refractivity contribution in [2.75, 3.05) is 6.54 Å². The topological polar surface area (TPSA) is 53.2 Å². The van der Waals surface area contributed by atoms with Crippen molar-refractivity contribution in [2.24, 2.45) is 0 Å². The Morgan fingerprint density at radius 1 is 1.40 bits per heavy atom. The summed E-state index contributed by atoms with van der Waals surface area (Å²) in [5.41, 5.74) is 8.69. The Bertz CT molecular complexity index is 391. The van der Waals surface area contributed by atoms with Crippen LogP contribution in [-0.2, 0) is 0 Å². The molecule has 15 heavy (non-hydrogen) atoms. The lowest BCUT2D eigenvalue weighted by Gasteiger charge is -2.08. The summed E-state index contributed by atoms with van der Waals surface area (Å²) in [7, 11) is 0. The smallest absolute Gasteiger partial charge is 0.184 e. The maximum atomic E-state index is 11.9. The molecule has 4 nitrogen and oxygen atoms in total. The third kappa shape index (κ3) is 2.30. The van der Waals surface area contributed by atoms with Crippen LogP contribution in [0.1, 0.15) is 10.4 Å². The molecule has 1 saturated heterocycles. The van der Waals surface area contributed by atoms with Crippen molar-refractivity contribution in [1.82, 2.24) is 16.4 Å². The second kappa shape index (κ2) is 4.47. The summed E-state index contributed by atoms with van der Waals surface area (Å²) >= 11 is 11.7. The molecular formula is C9H9Cl2N3O. The molecule has 0 bridgehead atoms. The van der Waals surface area contributed by atoms with E-state index in [4.69, 9.17) is 23.2 Å². The van der Waals surface area contributed by atoms with Crippen LogP contribution in [-0.4, -0.2) is 18.4 Å². The molecule has 0 aliphatic carbocycles. The van der Waals surface area contributed by atoms with Gasteiger partial charge in [0.2, 0.25) is 0 Å². The third-order valence-corrected chi connectivity index (χ3v) is 2.72. The van der Waals surface area contributed by atoms with Gasteiger partial charge in [-0.25, -0.2) is 10.9 Å². The molecule has 1 unspecified atom stereocenters. The van der Waals surface area contributed by atoms with Crippen LogP contribution in [0.4, 0.5) is 0 Å². The monoisotopic (exact) mass is 245 g/mol. The average Bonchev–Trinajstić information content (AvgIpc) is 2.74. The highest BCUT2D eigenvalue weighted by molar-refractivity contribution is 6.36. The van der Waals surface area contributed by atoms with Crippen LogP contribution >= 0.6 is 23.2 Å². The van der Waals surface area contributed by atoms with E-state index in [9.17, 15) is 4.79 Å². The van der Waals surface area contributed by atoms with Crippen LogP contribution in [0.5, 0.6) is 0 Å². The first-order valence-electron chi connectivity index (χ1n) is 4.41. The Morgan fingerprint density at radius 3 is 2.87 bits per heavy atom. The van der Waals surface area contributed by atoms with Crippen LogP contribution in [0.3, 0.4) is 0 Å². The molecule has 80 valence electrons. The van der Waals surface area contributed by atoms with Crippen molar-refractivity contribution in [3.63, 3.8) is 0 Å². The van der Waals surface area contributed by atoms with Crippen LogP contribution in [0.25, 0.3) is 0 Å². The Hall–Kier alpha value is -0.650. The van der Waals surface area contributed by atoms with Crippen molar-refractivity contribution in [3.05, 3.63) is 33.8 Å². The molecule has 0 saturated carbocycles. The zero-order valence-corrected chi connectivity index (χ0v) is 9.19. The number of hydrazine groups is 2. The number of hydrogen-bond donors (Lipinski definition) is 3. The van der Waals surface area contributed by atoms with Gasteiger partial charge in [0, 0.05) is 17.1 Å². The van der Waals surface area contributed by atoms with Crippen LogP contribution in [0.2, 0.25) is 10.0 Å². The van der Waals surface area contributed by atoms with Gasteiger partial charge in [0.05, 0.1) is 11.1 Å². The highest BCUT2D eigenvalue weighted by Gasteiger charge is 2.24. The summed E-state index contributed by atoms with van der Waals surface area (Å²) in [6.45, 7) is 0.516. The number of carbonyl (C=O) groups excluding carboxylic acids is 1. The number of nitrogens with one attached hydrogen (secondary N) is 3. The fourth-order valence-corrected chi connectivity index (χ4v) is 1.76. The van der Waals surface area contributed by atoms with Crippen molar-refractivity contribution in [1.29, 1.82) is 0 Å². The van der Waals surface area contributed by atoms with Gasteiger partial charge in [0.25, 0.3) is 0 Å². The van der Waals surface area contributed by atoms with E-state index in [1.165, 1.54) is 0 Å². The van der Waals surface area contributed by atoms with Gasteiger partial charge < -0.3 is 0 Å². The van der Waals surface area contributed by atoms with Gasteiger partial charge >= 0.3 is 0 Å². The molecule has 0 amide bonds. The van der Waals surface area contributed by atoms with E-state index in [-0.39, 0.29) is 11.8 Å². The van der Waals surface area contributed by atoms with Gasteiger partial charge in [-0.15, -0.1) is 0 Å². The van der Waals surface area contributed by atoms with Crippen molar-refractivity contribution in [2.45, 2.75) is 6.04 Å². The number of halogens is 2. The second-order valence-corrected chi connectivity index (χ2v) is 4.03. The van der Waals surface area contributed by atoms with E-state index in [1.807, 2.05) is 0 Å². The first-order chi connectivity index (χ1) is 7.18. The molecule has 1 heterocycles. The van der Waals surface area contributed by atoms with Gasteiger partial charge in [-0.3, -0.25) is 4.79 Å². The van der Waals surface area contributed by atoms with Crippen molar-refractivity contribution in [3.8, 4) is 0 Å². The van der Waals surface area contributed by atoms with Crippen LogP contribution in [0.15, 0.2) is 18.2 Å². The van der Waals surface area contributed by atoms with E-state index < -0.39 is 0 Å². The Morgan fingerprint density at radius 2 is 2.20 bits per heavy atom. The zero-order chi connectivity index (χ0) is 10.8. The minimum absolute atomic E-state index is 0.0833. The largest absolute Gasteiger partial charge is 0.292 e. The molecule has 1 aromatic carbocycles. The number of benzene rings is 1. The number of hydrogen-bond acceptors (Lipinski definition) is 4. The summed E-state index contributed by atoms with van der Waals surface area (Å²) in [6, 6.07) is 4.53. The molecule has 2 rings (SSSR count). The predicted molar refractivity (Wildman–Crippen MR) is 58.9 cm³/mol. The molecule has 0 aromatic heterocycles. The number of Topliss-reactive ketones (excluding diaryl/α,β-unsaturated/α-hetero) is 1. The van der Waals surface area contributed by atoms with E-state index in [0.717, 1.165) is 0 Å². The van der Waals surface area contributed by atoms with Crippen LogP contribution in [0, 0.1) is 0 Å². The van der Waals surface area contributed by atoms with Gasteiger partial charge in [-0.2, -0.15) is 5.53 Å². The number of carbonyl (C=O) groups is 1. The molecule has 1 aliphatic rings. The summed E-state index contributed by atoms with van der Waals surface area (Å²) in [4.78, 5) is 11.9. The Kier molecular flexibility index (Phi) is 3.23.